The highest BCUT2D eigenvalue weighted by atomic mass is 19.1. The van der Waals surface area contributed by atoms with Crippen LogP contribution >= 0.6 is 0 Å². The topological polar surface area (TPSA) is 30.5 Å². The summed E-state index contributed by atoms with van der Waals surface area (Å²) in [6.45, 7) is 1.65. The highest BCUT2D eigenvalue weighted by Crippen LogP contribution is 2.18. The molecular weight excluding hydrogens is 240 g/mol. The second-order valence-electron chi connectivity index (χ2n) is 3.83. The highest BCUT2D eigenvalue weighted by Gasteiger charge is 2.04. The average Bonchev–Trinajstić information content (AvgIpc) is 2.37. The monoisotopic (exact) mass is 259 g/mol. The Balaban J connectivity index is 2.41. The van der Waals surface area contributed by atoms with Crippen LogP contribution in [0.4, 0.5) is 8.78 Å². The first-order valence-corrected chi connectivity index (χ1v) is 5.94. The minimum Gasteiger partial charge on any atom is -0.490 e. The summed E-state index contributed by atoms with van der Waals surface area (Å²) in [5.41, 5.74) is 0.835. The summed E-state index contributed by atoms with van der Waals surface area (Å²) in [7, 11) is 1.63. The van der Waals surface area contributed by atoms with Gasteiger partial charge in [-0.1, -0.05) is 6.07 Å². The fraction of sp³-hybridized carbons (Fsp3) is 0.538. The van der Waals surface area contributed by atoms with E-state index >= 15 is 0 Å². The fourth-order valence-electron chi connectivity index (χ4n) is 1.41. The van der Waals surface area contributed by atoms with Crippen molar-refractivity contribution in [2.24, 2.45) is 0 Å². The summed E-state index contributed by atoms with van der Waals surface area (Å²) in [5, 5.41) is 3.12. The van der Waals surface area contributed by atoms with E-state index in [1.54, 1.807) is 19.2 Å². The number of halogens is 2. The third-order valence-corrected chi connectivity index (χ3v) is 2.34. The number of alkyl halides is 1. The largest absolute Gasteiger partial charge is 0.490 e. The fourth-order valence-corrected chi connectivity index (χ4v) is 1.41. The van der Waals surface area contributed by atoms with Gasteiger partial charge in [0, 0.05) is 26.6 Å². The van der Waals surface area contributed by atoms with Gasteiger partial charge >= 0.3 is 0 Å². The van der Waals surface area contributed by atoms with Crippen molar-refractivity contribution in [1.82, 2.24) is 5.32 Å². The number of hydrogen-bond acceptors (Lipinski definition) is 3. The van der Waals surface area contributed by atoms with E-state index < -0.39 is 12.5 Å². The van der Waals surface area contributed by atoms with Crippen molar-refractivity contribution in [3.63, 3.8) is 0 Å². The molecule has 1 N–H and O–H groups in total. The first-order chi connectivity index (χ1) is 8.77. The van der Waals surface area contributed by atoms with Gasteiger partial charge in [-0.25, -0.2) is 4.39 Å². The maximum atomic E-state index is 13.6. The Morgan fingerprint density at radius 1 is 1.28 bits per heavy atom. The molecule has 1 aromatic rings. The van der Waals surface area contributed by atoms with Crippen molar-refractivity contribution >= 4 is 0 Å². The summed E-state index contributed by atoms with van der Waals surface area (Å²) in [6.07, 6.45) is 0.278. The molecule has 0 aliphatic heterocycles. The lowest BCUT2D eigenvalue weighted by atomic mass is 10.2. The Labute approximate surface area is 106 Å². The molecule has 1 aromatic carbocycles. The Morgan fingerprint density at radius 2 is 2.11 bits per heavy atom. The van der Waals surface area contributed by atoms with Gasteiger partial charge in [0.25, 0.3) is 0 Å². The van der Waals surface area contributed by atoms with Crippen LogP contribution in [0.2, 0.25) is 0 Å². The quantitative estimate of drug-likeness (QED) is 0.690. The minimum absolute atomic E-state index is 0.170. The summed E-state index contributed by atoms with van der Waals surface area (Å²) in [6, 6.07) is 4.78. The molecule has 3 nitrogen and oxygen atoms in total. The number of benzene rings is 1. The Morgan fingerprint density at radius 3 is 2.78 bits per heavy atom. The maximum absolute atomic E-state index is 13.6. The van der Waals surface area contributed by atoms with Crippen LogP contribution in [0, 0.1) is 5.82 Å². The normalized spacial score (nSPS) is 10.6. The number of methoxy groups -OCH3 is 1. The van der Waals surface area contributed by atoms with E-state index in [0.29, 0.717) is 19.7 Å². The molecule has 1 rings (SSSR count). The number of rotatable bonds is 9. The van der Waals surface area contributed by atoms with Crippen LogP contribution in [0.15, 0.2) is 18.2 Å². The zero-order valence-electron chi connectivity index (χ0n) is 10.5. The van der Waals surface area contributed by atoms with Gasteiger partial charge in [-0.05, 0) is 17.7 Å². The Hall–Kier alpha value is -1.20. The summed E-state index contributed by atoms with van der Waals surface area (Å²) < 4.78 is 35.5. The van der Waals surface area contributed by atoms with Crippen LogP contribution in [0.5, 0.6) is 5.75 Å². The van der Waals surface area contributed by atoms with E-state index in [2.05, 4.69) is 5.32 Å². The first-order valence-electron chi connectivity index (χ1n) is 5.94. The number of nitrogens with one attached hydrogen (secondary N) is 1. The van der Waals surface area contributed by atoms with Crippen LogP contribution in [0.1, 0.15) is 12.0 Å². The van der Waals surface area contributed by atoms with E-state index in [9.17, 15) is 8.78 Å². The molecule has 0 bridgehead atoms. The van der Waals surface area contributed by atoms with Gasteiger partial charge in [-0.3, -0.25) is 4.39 Å². The van der Waals surface area contributed by atoms with Gasteiger partial charge in [-0.15, -0.1) is 0 Å². The zero-order chi connectivity index (χ0) is 13.2. The van der Waals surface area contributed by atoms with Gasteiger partial charge < -0.3 is 14.8 Å². The molecule has 0 heterocycles. The second kappa shape index (κ2) is 8.83. The highest BCUT2D eigenvalue weighted by molar-refractivity contribution is 5.29. The van der Waals surface area contributed by atoms with Crippen molar-refractivity contribution in [3.05, 3.63) is 29.6 Å². The van der Waals surface area contributed by atoms with Gasteiger partial charge in [0.05, 0.1) is 19.9 Å². The van der Waals surface area contributed by atoms with Crippen LogP contribution in [-0.2, 0) is 11.3 Å². The molecule has 0 aliphatic carbocycles. The molecule has 0 spiro atoms. The predicted molar refractivity (Wildman–Crippen MR) is 66.1 cm³/mol. The van der Waals surface area contributed by atoms with Crippen LogP contribution in [0.3, 0.4) is 0 Å². The lowest BCUT2D eigenvalue weighted by Gasteiger charge is -2.08. The van der Waals surface area contributed by atoms with Crippen molar-refractivity contribution in [2.75, 3.05) is 33.5 Å². The lowest BCUT2D eigenvalue weighted by molar-refractivity contribution is 0.199. The van der Waals surface area contributed by atoms with Crippen molar-refractivity contribution in [1.29, 1.82) is 0 Å². The van der Waals surface area contributed by atoms with Gasteiger partial charge in [0.1, 0.15) is 0 Å². The smallest absolute Gasteiger partial charge is 0.165 e. The molecule has 0 saturated carbocycles. The van der Waals surface area contributed by atoms with Crippen LogP contribution in [0.25, 0.3) is 0 Å². The van der Waals surface area contributed by atoms with E-state index in [1.165, 1.54) is 6.07 Å². The predicted octanol–water partition coefficient (Wildman–Crippen LogP) is 2.30. The summed E-state index contributed by atoms with van der Waals surface area (Å²) in [5.74, 6) is -0.246. The zero-order valence-corrected chi connectivity index (χ0v) is 10.5. The Kier molecular flexibility index (Phi) is 7.29. The third kappa shape index (κ3) is 5.42. The minimum atomic E-state index is -0.455. The van der Waals surface area contributed by atoms with E-state index in [-0.39, 0.29) is 18.8 Å². The maximum Gasteiger partial charge on any atom is 0.165 e. The van der Waals surface area contributed by atoms with Gasteiger partial charge in [-0.2, -0.15) is 0 Å². The van der Waals surface area contributed by atoms with Crippen LogP contribution < -0.4 is 10.1 Å². The van der Waals surface area contributed by atoms with Gasteiger partial charge in [0.2, 0.25) is 0 Å². The van der Waals surface area contributed by atoms with E-state index in [0.717, 1.165) is 5.56 Å². The van der Waals surface area contributed by atoms with Crippen molar-refractivity contribution in [2.45, 2.75) is 13.0 Å². The third-order valence-electron chi connectivity index (χ3n) is 2.34. The van der Waals surface area contributed by atoms with Gasteiger partial charge in [0.15, 0.2) is 11.6 Å². The van der Waals surface area contributed by atoms with Crippen LogP contribution in [-0.4, -0.2) is 33.5 Å². The molecule has 0 atom stereocenters. The molecule has 0 fully saturated rings. The molecule has 0 amide bonds. The molecule has 0 unspecified atom stereocenters. The first kappa shape index (κ1) is 14.9. The molecule has 18 heavy (non-hydrogen) atoms. The summed E-state index contributed by atoms with van der Waals surface area (Å²) >= 11 is 0. The second-order valence-corrected chi connectivity index (χ2v) is 3.83. The molecule has 5 heteroatoms. The molecule has 0 saturated heterocycles. The number of ether oxygens (including phenoxy) is 2. The van der Waals surface area contributed by atoms with Crippen molar-refractivity contribution < 1.29 is 18.3 Å². The average molecular weight is 259 g/mol. The van der Waals surface area contributed by atoms with E-state index in [1.807, 2.05) is 0 Å². The standard InChI is InChI=1S/C13H19F2NO2/c1-17-8-6-16-10-11-3-4-13(12(15)9-11)18-7-2-5-14/h3-4,9,16H,2,5-8,10H2,1H3. The Bertz CT molecular complexity index is 348. The molecule has 0 radical (unpaired) electrons. The summed E-state index contributed by atoms with van der Waals surface area (Å²) in [4.78, 5) is 0. The molecule has 102 valence electrons. The lowest BCUT2D eigenvalue weighted by Crippen LogP contribution is -2.18. The molecular formula is C13H19F2NO2. The number of hydrogen-bond donors (Lipinski definition) is 1. The molecule has 0 aromatic heterocycles. The molecule has 0 aliphatic rings. The van der Waals surface area contributed by atoms with Crippen molar-refractivity contribution in [3.8, 4) is 5.75 Å². The van der Waals surface area contributed by atoms with E-state index in [4.69, 9.17) is 9.47 Å². The SMILES string of the molecule is COCCNCc1ccc(OCCCF)c(F)c1.